The number of amides is 2. The SMILES string of the molecule is CC(NC(=O)c1cccs1)C(=O)N1CCNCC1c1nccn1C. The Hall–Kier alpha value is -2.19. The van der Waals surface area contributed by atoms with Crippen LogP contribution < -0.4 is 10.6 Å². The maximum atomic E-state index is 12.9. The minimum absolute atomic E-state index is 0.0885. The fraction of sp³-hybridized carbons (Fsp3) is 0.438. The van der Waals surface area contributed by atoms with Crippen molar-refractivity contribution in [1.29, 1.82) is 0 Å². The predicted octanol–water partition coefficient (Wildman–Crippen LogP) is 0.773. The van der Waals surface area contributed by atoms with E-state index in [1.807, 2.05) is 29.3 Å². The van der Waals surface area contributed by atoms with Gasteiger partial charge in [0.1, 0.15) is 17.9 Å². The van der Waals surface area contributed by atoms with Gasteiger partial charge in [0.25, 0.3) is 5.91 Å². The number of rotatable bonds is 4. The Kier molecular flexibility index (Phi) is 4.96. The minimum Gasteiger partial charge on any atom is -0.340 e. The first-order chi connectivity index (χ1) is 11.6. The summed E-state index contributed by atoms with van der Waals surface area (Å²) >= 11 is 1.36. The Morgan fingerprint density at radius 3 is 3.00 bits per heavy atom. The lowest BCUT2D eigenvalue weighted by Crippen LogP contribution is -2.54. The molecule has 0 aromatic carbocycles. The molecule has 1 saturated heterocycles. The summed E-state index contributed by atoms with van der Waals surface area (Å²) in [5.74, 6) is 0.538. The van der Waals surface area contributed by atoms with Crippen LogP contribution in [0.1, 0.15) is 28.5 Å². The summed E-state index contributed by atoms with van der Waals surface area (Å²) in [7, 11) is 1.92. The Morgan fingerprint density at radius 1 is 1.50 bits per heavy atom. The molecule has 0 aliphatic carbocycles. The second-order valence-electron chi connectivity index (χ2n) is 5.82. The zero-order valence-electron chi connectivity index (χ0n) is 13.7. The Labute approximate surface area is 144 Å². The van der Waals surface area contributed by atoms with Crippen LogP contribution in [-0.2, 0) is 11.8 Å². The Bertz CT molecular complexity index is 712. The highest BCUT2D eigenvalue weighted by Gasteiger charge is 2.33. The van der Waals surface area contributed by atoms with Crippen LogP contribution in [0.4, 0.5) is 0 Å². The molecule has 3 rings (SSSR count). The standard InChI is InChI=1S/C16H21N5O2S/c1-11(19-15(22)13-4-3-9-24-13)16(23)21-8-5-17-10-12(21)14-18-6-7-20(14)2/h3-4,6-7,9,11-12,17H,5,8,10H2,1-2H3,(H,19,22). The van der Waals surface area contributed by atoms with E-state index < -0.39 is 6.04 Å². The lowest BCUT2D eigenvalue weighted by Gasteiger charge is -2.37. The number of carbonyl (C=O) groups excluding carboxylic acids is 2. The van der Waals surface area contributed by atoms with E-state index in [0.717, 1.165) is 12.4 Å². The lowest BCUT2D eigenvalue weighted by atomic mass is 10.1. The first-order valence-electron chi connectivity index (χ1n) is 7.90. The fourth-order valence-electron chi connectivity index (χ4n) is 2.88. The molecule has 24 heavy (non-hydrogen) atoms. The van der Waals surface area contributed by atoms with E-state index in [9.17, 15) is 9.59 Å². The molecule has 3 heterocycles. The molecule has 128 valence electrons. The Balaban J connectivity index is 1.72. The monoisotopic (exact) mass is 347 g/mol. The Morgan fingerprint density at radius 2 is 2.33 bits per heavy atom. The van der Waals surface area contributed by atoms with Crippen LogP contribution in [0.3, 0.4) is 0 Å². The number of carbonyl (C=O) groups is 2. The summed E-state index contributed by atoms with van der Waals surface area (Å²) in [5.41, 5.74) is 0. The van der Waals surface area contributed by atoms with Gasteiger partial charge in [0.05, 0.1) is 4.88 Å². The second kappa shape index (κ2) is 7.14. The zero-order chi connectivity index (χ0) is 17.1. The summed E-state index contributed by atoms with van der Waals surface area (Å²) in [6.07, 6.45) is 3.60. The maximum absolute atomic E-state index is 12.9. The van der Waals surface area contributed by atoms with Gasteiger partial charge in [0.2, 0.25) is 5.91 Å². The van der Waals surface area contributed by atoms with Gasteiger partial charge in [-0.25, -0.2) is 4.98 Å². The number of aromatic nitrogens is 2. The number of aryl methyl sites for hydroxylation is 1. The summed E-state index contributed by atoms with van der Waals surface area (Å²) in [6, 6.07) is 2.85. The van der Waals surface area contributed by atoms with Gasteiger partial charge in [0, 0.05) is 39.1 Å². The van der Waals surface area contributed by atoms with E-state index in [-0.39, 0.29) is 17.9 Å². The molecule has 8 heteroatoms. The van der Waals surface area contributed by atoms with Gasteiger partial charge in [-0.05, 0) is 18.4 Å². The van der Waals surface area contributed by atoms with Gasteiger partial charge in [0.15, 0.2) is 0 Å². The molecule has 1 fully saturated rings. The van der Waals surface area contributed by atoms with Crippen molar-refractivity contribution < 1.29 is 9.59 Å². The molecule has 2 unspecified atom stereocenters. The lowest BCUT2D eigenvalue weighted by molar-refractivity contribution is -0.136. The quantitative estimate of drug-likeness (QED) is 0.856. The smallest absolute Gasteiger partial charge is 0.261 e. The molecule has 2 aromatic heterocycles. The summed E-state index contributed by atoms with van der Waals surface area (Å²) in [5, 5.41) is 7.94. The van der Waals surface area contributed by atoms with E-state index in [1.54, 1.807) is 24.1 Å². The minimum atomic E-state index is -0.583. The highest BCUT2D eigenvalue weighted by molar-refractivity contribution is 7.12. The third-order valence-electron chi connectivity index (χ3n) is 4.15. The molecule has 0 radical (unpaired) electrons. The van der Waals surface area contributed by atoms with Crippen LogP contribution in [0.5, 0.6) is 0 Å². The molecule has 7 nitrogen and oxygen atoms in total. The predicted molar refractivity (Wildman–Crippen MR) is 91.8 cm³/mol. The van der Waals surface area contributed by atoms with Crippen LogP contribution in [0.2, 0.25) is 0 Å². The third kappa shape index (κ3) is 3.34. The van der Waals surface area contributed by atoms with Crippen LogP contribution in [-0.4, -0.2) is 51.9 Å². The highest BCUT2D eigenvalue weighted by Crippen LogP contribution is 2.21. The third-order valence-corrected chi connectivity index (χ3v) is 5.01. The number of nitrogens with zero attached hydrogens (tertiary/aromatic N) is 3. The number of imidazole rings is 1. The zero-order valence-corrected chi connectivity index (χ0v) is 14.5. The van der Waals surface area contributed by atoms with Crippen molar-refractivity contribution in [1.82, 2.24) is 25.1 Å². The molecule has 0 spiro atoms. The van der Waals surface area contributed by atoms with Gasteiger partial charge in [-0.3, -0.25) is 9.59 Å². The van der Waals surface area contributed by atoms with Crippen molar-refractivity contribution in [2.24, 2.45) is 7.05 Å². The first kappa shape index (κ1) is 16.7. The molecule has 2 atom stereocenters. The van der Waals surface area contributed by atoms with Gasteiger partial charge >= 0.3 is 0 Å². The molecule has 2 aromatic rings. The first-order valence-corrected chi connectivity index (χ1v) is 8.78. The van der Waals surface area contributed by atoms with Gasteiger partial charge in [-0.2, -0.15) is 0 Å². The molecule has 2 N–H and O–H groups in total. The summed E-state index contributed by atoms with van der Waals surface area (Å²) < 4.78 is 1.92. The average Bonchev–Trinajstić information content (AvgIpc) is 3.25. The summed E-state index contributed by atoms with van der Waals surface area (Å²) in [6.45, 7) is 3.71. The van der Waals surface area contributed by atoms with Crippen LogP contribution in [0, 0.1) is 0 Å². The number of piperazine rings is 1. The van der Waals surface area contributed by atoms with Gasteiger partial charge in [-0.1, -0.05) is 6.07 Å². The highest BCUT2D eigenvalue weighted by atomic mass is 32.1. The summed E-state index contributed by atoms with van der Waals surface area (Å²) in [4.78, 5) is 31.8. The van der Waals surface area contributed by atoms with Crippen LogP contribution in [0.25, 0.3) is 0 Å². The normalized spacial score (nSPS) is 19.1. The van der Waals surface area contributed by atoms with Crippen LogP contribution >= 0.6 is 11.3 Å². The number of hydrogen-bond donors (Lipinski definition) is 2. The number of thiophene rings is 1. The van der Waals surface area contributed by atoms with Crippen LogP contribution in [0.15, 0.2) is 29.9 Å². The average molecular weight is 347 g/mol. The van der Waals surface area contributed by atoms with Crippen molar-refractivity contribution >= 4 is 23.2 Å². The molecule has 1 aliphatic heterocycles. The van der Waals surface area contributed by atoms with Crippen molar-refractivity contribution in [3.63, 3.8) is 0 Å². The molecular weight excluding hydrogens is 326 g/mol. The van der Waals surface area contributed by atoms with Crippen molar-refractivity contribution in [2.75, 3.05) is 19.6 Å². The number of nitrogens with one attached hydrogen (secondary N) is 2. The van der Waals surface area contributed by atoms with E-state index >= 15 is 0 Å². The number of hydrogen-bond acceptors (Lipinski definition) is 5. The fourth-order valence-corrected chi connectivity index (χ4v) is 3.51. The second-order valence-corrected chi connectivity index (χ2v) is 6.77. The molecular formula is C16H21N5O2S. The molecule has 0 bridgehead atoms. The molecule has 2 amide bonds. The maximum Gasteiger partial charge on any atom is 0.261 e. The molecule has 0 saturated carbocycles. The van der Waals surface area contributed by atoms with Crippen molar-refractivity contribution in [3.05, 3.63) is 40.6 Å². The largest absolute Gasteiger partial charge is 0.340 e. The van der Waals surface area contributed by atoms with E-state index in [4.69, 9.17) is 0 Å². The van der Waals surface area contributed by atoms with E-state index in [0.29, 0.717) is 18.0 Å². The van der Waals surface area contributed by atoms with E-state index in [1.165, 1.54) is 11.3 Å². The van der Waals surface area contributed by atoms with Gasteiger partial charge in [-0.15, -0.1) is 11.3 Å². The topological polar surface area (TPSA) is 79.3 Å². The van der Waals surface area contributed by atoms with Gasteiger partial charge < -0.3 is 20.1 Å². The van der Waals surface area contributed by atoms with Crippen molar-refractivity contribution in [3.8, 4) is 0 Å². The van der Waals surface area contributed by atoms with E-state index in [2.05, 4.69) is 15.6 Å². The van der Waals surface area contributed by atoms with Crippen molar-refractivity contribution in [2.45, 2.75) is 19.0 Å². The molecule has 1 aliphatic rings.